The van der Waals surface area contributed by atoms with Gasteiger partial charge in [-0.2, -0.15) is 0 Å². The minimum absolute atomic E-state index is 0.00612. The molecule has 2 aromatic rings. The first-order valence-electron chi connectivity index (χ1n) is 7.25. The molecule has 0 aliphatic carbocycles. The highest BCUT2D eigenvalue weighted by Gasteiger charge is 2.13. The molecule has 126 valence electrons. The fraction of sp³-hybridized carbons (Fsp3) is 0.176. The van der Waals surface area contributed by atoms with Crippen molar-refractivity contribution in [2.75, 3.05) is 23.8 Å². The van der Waals surface area contributed by atoms with Crippen LogP contribution in [0, 0.1) is 0 Å². The summed E-state index contributed by atoms with van der Waals surface area (Å²) in [6.45, 7) is 1.98. The quantitative estimate of drug-likeness (QED) is 0.751. The second-order valence-electron chi connectivity index (χ2n) is 4.83. The highest BCUT2D eigenvalue weighted by atomic mass is 35.5. The minimum Gasteiger partial charge on any atom is -0.462 e. The van der Waals surface area contributed by atoms with Gasteiger partial charge in [0.25, 0.3) is 0 Å². The second-order valence-corrected chi connectivity index (χ2v) is 5.70. The summed E-state index contributed by atoms with van der Waals surface area (Å²) in [5, 5.41) is 6.55. The molecule has 0 bridgehead atoms. The molecular weight excluding hydrogens is 351 g/mol. The number of carbonyl (C=O) groups excluding carboxylic acids is 2. The molecule has 0 aromatic heterocycles. The van der Waals surface area contributed by atoms with Crippen LogP contribution in [0.25, 0.3) is 0 Å². The zero-order valence-corrected chi connectivity index (χ0v) is 14.4. The first kappa shape index (κ1) is 18.1. The highest BCUT2D eigenvalue weighted by Crippen LogP contribution is 2.22. The van der Waals surface area contributed by atoms with Crippen molar-refractivity contribution in [3.8, 4) is 0 Å². The Kier molecular flexibility index (Phi) is 6.46. The molecule has 0 aliphatic heterocycles. The van der Waals surface area contributed by atoms with E-state index >= 15 is 0 Å². The van der Waals surface area contributed by atoms with Gasteiger partial charge in [-0.05, 0) is 37.3 Å². The zero-order valence-electron chi connectivity index (χ0n) is 12.9. The van der Waals surface area contributed by atoms with Gasteiger partial charge in [-0.1, -0.05) is 35.3 Å². The van der Waals surface area contributed by atoms with Gasteiger partial charge in [-0.25, -0.2) is 4.79 Å². The van der Waals surface area contributed by atoms with E-state index in [4.69, 9.17) is 27.9 Å². The number of benzene rings is 2. The molecular formula is C17H16Cl2N2O3. The fourth-order valence-electron chi connectivity index (χ4n) is 2.01. The predicted molar refractivity (Wildman–Crippen MR) is 96.0 cm³/mol. The number of esters is 1. The number of amides is 1. The largest absolute Gasteiger partial charge is 0.462 e. The van der Waals surface area contributed by atoms with Crippen molar-refractivity contribution in [3.05, 3.63) is 58.1 Å². The van der Waals surface area contributed by atoms with E-state index in [2.05, 4.69) is 10.6 Å². The molecule has 0 radical (unpaired) electrons. The van der Waals surface area contributed by atoms with E-state index in [1.165, 1.54) is 0 Å². The van der Waals surface area contributed by atoms with Crippen molar-refractivity contribution in [3.63, 3.8) is 0 Å². The number of halogens is 2. The van der Waals surface area contributed by atoms with Gasteiger partial charge in [0.1, 0.15) is 0 Å². The van der Waals surface area contributed by atoms with Crippen LogP contribution in [0.3, 0.4) is 0 Å². The lowest BCUT2D eigenvalue weighted by atomic mass is 10.2. The van der Waals surface area contributed by atoms with E-state index in [-0.39, 0.29) is 19.1 Å². The maximum atomic E-state index is 12.1. The summed E-state index contributed by atoms with van der Waals surface area (Å²) in [5.41, 5.74) is 1.33. The summed E-state index contributed by atoms with van der Waals surface area (Å²) in [5.74, 6) is -0.800. The molecule has 0 fully saturated rings. The van der Waals surface area contributed by atoms with Crippen molar-refractivity contribution >= 4 is 46.5 Å². The van der Waals surface area contributed by atoms with Crippen LogP contribution in [0.4, 0.5) is 11.4 Å². The third-order valence-corrected chi connectivity index (χ3v) is 3.45. The van der Waals surface area contributed by atoms with Gasteiger partial charge in [0, 0.05) is 15.7 Å². The van der Waals surface area contributed by atoms with E-state index in [1.807, 2.05) is 0 Å². The number of nitrogens with one attached hydrogen (secondary N) is 2. The monoisotopic (exact) mass is 366 g/mol. The summed E-state index contributed by atoms with van der Waals surface area (Å²) >= 11 is 11.8. The Labute approximate surface area is 149 Å². The summed E-state index contributed by atoms with van der Waals surface area (Å²) in [4.78, 5) is 24.0. The summed E-state index contributed by atoms with van der Waals surface area (Å²) < 4.78 is 4.97. The smallest absolute Gasteiger partial charge is 0.340 e. The summed E-state index contributed by atoms with van der Waals surface area (Å²) in [6.07, 6.45) is 0. The molecule has 5 nitrogen and oxygen atoms in total. The van der Waals surface area contributed by atoms with E-state index < -0.39 is 5.97 Å². The number of carbonyl (C=O) groups is 2. The Morgan fingerprint density at radius 3 is 2.42 bits per heavy atom. The van der Waals surface area contributed by atoms with Crippen LogP contribution in [-0.2, 0) is 9.53 Å². The summed E-state index contributed by atoms with van der Waals surface area (Å²) in [6, 6.07) is 11.6. The van der Waals surface area contributed by atoms with Crippen molar-refractivity contribution in [2.45, 2.75) is 6.92 Å². The molecule has 0 spiro atoms. The molecule has 0 saturated heterocycles. The zero-order chi connectivity index (χ0) is 17.5. The lowest BCUT2D eigenvalue weighted by molar-refractivity contribution is -0.114. The second kappa shape index (κ2) is 8.57. The maximum absolute atomic E-state index is 12.1. The van der Waals surface area contributed by atoms with Crippen LogP contribution in [0.5, 0.6) is 0 Å². The van der Waals surface area contributed by atoms with E-state index in [0.29, 0.717) is 27.0 Å². The minimum atomic E-state index is -0.483. The standard InChI is InChI=1S/C17H16Cl2N2O3/c1-2-24-17(23)14-5-3-4-6-15(14)21-16(22)10-20-13-8-11(18)7-12(19)9-13/h3-9,20H,2,10H2,1H3,(H,21,22). The lowest BCUT2D eigenvalue weighted by Gasteiger charge is -2.11. The van der Waals surface area contributed by atoms with Gasteiger partial charge < -0.3 is 15.4 Å². The molecule has 2 aromatic carbocycles. The van der Waals surface area contributed by atoms with Gasteiger partial charge in [-0.15, -0.1) is 0 Å². The molecule has 7 heteroatoms. The van der Waals surface area contributed by atoms with Crippen molar-refractivity contribution in [2.24, 2.45) is 0 Å². The topological polar surface area (TPSA) is 67.4 Å². The van der Waals surface area contributed by atoms with Crippen LogP contribution in [0.2, 0.25) is 10.0 Å². The molecule has 2 rings (SSSR count). The third-order valence-electron chi connectivity index (χ3n) is 3.01. The highest BCUT2D eigenvalue weighted by molar-refractivity contribution is 6.35. The van der Waals surface area contributed by atoms with E-state index in [9.17, 15) is 9.59 Å². The van der Waals surface area contributed by atoms with Crippen LogP contribution in [0.1, 0.15) is 17.3 Å². The van der Waals surface area contributed by atoms with Crippen molar-refractivity contribution in [1.82, 2.24) is 0 Å². The number of ether oxygens (including phenoxy) is 1. The van der Waals surface area contributed by atoms with E-state index in [0.717, 1.165) is 0 Å². The van der Waals surface area contributed by atoms with E-state index in [1.54, 1.807) is 49.4 Å². The van der Waals surface area contributed by atoms with Gasteiger partial charge in [0.05, 0.1) is 24.4 Å². The Balaban J connectivity index is 2.01. The molecule has 0 atom stereocenters. The van der Waals surface area contributed by atoms with Crippen molar-refractivity contribution < 1.29 is 14.3 Å². The fourth-order valence-corrected chi connectivity index (χ4v) is 2.54. The molecule has 24 heavy (non-hydrogen) atoms. The number of para-hydroxylation sites is 1. The van der Waals surface area contributed by atoms with Crippen LogP contribution in [-0.4, -0.2) is 25.0 Å². The first-order chi connectivity index (χ1) is 11.5. The van der Waals surface area contributed by atoms with Gasteiger partial charge in [0.2, 0.25) is 5.91 Å². The summed E-state index contributed by atoms with van der Waals surface area (Å²) in [7, 11) is 0. The van der Waals surface area contributed by atoms with Gasteiger partial charge in [0.15, 0.2) is 0 Å². The molecule has 2 N–H and O–H groups in total. The van der Waals surface area contributed by atoms with Gasteiger partial charge in [-0.3, -0.25) is 4.79 Å². The number of hydrogen-bond donors (Lipinski definition) is 2. The number of hydrogen-bond acceptors (Lipinski definition) is 4. The SMILES string of the molecule is CCOC(=O)c1ccccc1NC(=O)CNc1cc(Cl)cc(Cl)c1. The predicted octanol–water partition coefficient (Wildman–Crippen LogP) is 4.22. The van der Waals surface area contributed by atoms with Gasteiger partial charge >= 0.3 is 5.97 Å². The van der Waals surface area contributed by atoms with Crippen molar-refractivity contribution in [1.29, 1.82) is 0 Å². The average molecular weight is 367 g/mol. The molecule has 0 saturated carbocycles. The Hall–Kier alpha value is -2.24. The molecule has 0 heterocycles. The Morgan fingerprint density at radius 1 is 1.08 bits per heavy atom. The maximum Gasteiger partial charge on any atom is 0.340 e. The van der Waals surface area contributed by atoms with Crippen LogP contribution >= 0.6 is 23.2 Å². The third kappa shape index (κ3) is 5.15. The molecule has 0 aliphatic rings. The van der Waals surface area contributed by atoms with Crippen LogP contribution in [0.15, 0.2) is 42.5 Å². The molecule has 1 amide bonds. The normalized spacial score (nSPS) is 10.1. The lowest BCUT2D eigenvalue weighted by Crippen LogP contribution is -2.23. The first-order valence-corrected chi connectivity index (χ1v) is 8.01. The Bertz CT molecular complexity index is 730. The Morgan fingerprint density at radius 2 is 1.75 bits per heavy atom. The number of rotatable bonds is 6. The van der Waals surface area contributed by atoms with Crippen LogP contribution < -0.4 is 10.6 Å². The molecule has 0 unspecified atom stereocenters. The average Bonchev–Trinajstić information content (AvgIpc) is 2.53. The number of anilines is 2.